The summed E-state index contributed by atoms with van der Waals surface area (Å²) in [5.41, 5.74) is 0.569. The van der Waals surface area contributed by atoms with E-state index in [2.05, 4.69) is 22.0 Å². The summed E-state index contributed by atoms with van der Waals surface area (Å²) in [7, 11) is 0. The monoisotopic (exact) mass is 379 g/mol. The van der Waals surface area contributed by atoms with Crippen LogP contribution in [0.4, 0.5) is 19.0 Å². The molecule has 1 atom stereocenters. The lowest BCUT2D eigenvalue weighted by molar-refractivity contribution is -0.137. The third-order valence-electron chi connectivity index (χ3n) is 4.99. The van der Waals surface area contributed by atoms with Gasteiger partial charge in [0.2, 0.25) is 0 Å². The molecule has 2 aromatic rings. The first kappa shape index (κ1) is 19.6. The molecule has 0 spiro atoms. The van der Waals surface area contributed by atoms with Crippen molar-refractivity contribution in [2.75, 3.05) is 37.7 Å². The molecule has 3 rings (SSSR count). The van der Waals surface area contributed by atoms with Gasteiger partial charge < -0.3 is 10.0 Å². The average Bonchev–Trinajstić information content (AvgIpc) is 2.67. The number of anilines is 1. The number of halogens is 3. The van der Waals surface area contributed by atoms with E-state index in [1.807, 2.05) is 23.1 Å². The summed E-state index contributed by atoms with van der Waals surface area (Å²) >= 11 is 0. The summed E-state index contributed by atoms with van der Waals surface area (Å²) in [5.74, 6) is 0.343. The van der Waals surface area contributed by atoms with Crippen LogP contribution in [0.2, 0.25) is 0 Å². The minimum absolute atomic E-state index is 0.0519. The maximum absolute atomic E-state index is 13.0. The van der Waals surface area contributed by atoms with Crippen LogP contribution in [0.15, 0.2) is 48.7 Å². The molecule has 1 saturated heterocycles. The largest absolute Gasteiger partial charge is 0.416 e. The number of aliphatic hydroxyl groups is 1. The highest BCUT2D eigenvalue weighted by molar-refractivity contribution is 5.42. The molecule has 0 radical (unpaired) electrons. The van der Waals surface area contributed by atoms with Crippen molar-refractivity contribution in [2.45, 2.75) is 25.1 Å². The quantitative estimate of drug-likeness (QED) is 0.837. The molecule has 1 aromatic carbocycles. The Balaban J connectivity index is 1.66. The Morgan fingerprint density at radius 2 is 1.89 bits per heavy atom. The molecule has 0 amide bonds. The first-order valence-electron chi connectivity index (χ1n) is 9.14. The average molecular weight is 379 g/mol. The first-order chi connectivity index (χ1) is 13.0. The van der Waals surface area contributed by atoms with E-state index in [1.165, 1.54) is 11.8 Å². The molecule has 2 heterocycles. The number of pyridine rings is 1. The molecule has 1 N–H and O–H groups in total. The fraction of sp³-hybridized carbons (Fsp3) is 0.450. The topological polar surface area (TPSA) is 39.6 Å². The summed E-state index contributed by atoms with van der Waals surface area (Å²) in [5, 5.41) is 9.42. The lowest BCUT2D eigenvalue weighted by Crippen LogP contribution is -2.54. The fourth-order valence-electron chi connectivity index (χ4n) is 3.50. The molecule has 0 unspecified atom stereocenters. The zero-order chi connectivity index (χ0) is 19.3. The van der Waals surface area contributed by atoms with Gasteiger partial charge in [0.1, 0.15) is 5.82 Å². The molecule has 27 heavy (non-hydrogen) atoms. The zero-order valence-corrected chi connectivity index (χ0v) is 15.1. The number of rotatable bonds is 6. The van der Waals surface area contributed by atoms with E-state index in [-0.39, 0.29) is 12.6 Å². The van der Waals surface area contributed by atoms with Crippen LogP contribution in [0, 0.1) is 0 Å². The van der Waals surface area contributed by atoms with Gasteiger partial charge in [0, 0.05) is 45.0 Å². The van der Waals surface area contributed by atoms with Gasteiger partial charge >= 0.3 is 6.18 Å². The first-order valence-corrected chi connectivity index (χ1v) is 9.14. The van der Waals surface area contributed by atoms with Gasteiger partial charge in [-0.1, -0.05) is 30.3 Å². The molecule has 146 valence electrons. The molecule has 0 saturated carbocycles. The van der Waals surface area contributed by atoms with Crippen molar-refractivity contribution in [1.29, 1.82) is 0 Å². The van der Waals surface area contributed by atoms with Gasteiger partial charge in [-0.3, -0.25) is 4.90 Å². The van der Waals surface area contributed by atoms with E-state index >= 15 is 0 Å². The number of aliphatic hydroxyl groups excluding tert-OH is 1. The van der Waals surface area contributed by atoms with E-state index in [1.54, 1.807) is 0 Å². The normalized spacial score (nSPS) is 18.7. The van der Waals surface area contributed by atoms with Gasteiger partial charge in [-0.05, 0) is 30.5 Å². The lowest BCUT2D eigenvalue weighted by Gasteiger charge is -2.42. The standard InChI is InChI=1S/C20H24F3N3O/c21-20(22,23)17-6-9-24-19(14-17)26-12-11-25(18(15-26)8-13-27)10-7-16-4-2-1-3-5-16/h1-6,9,14,18,27H,7-8,10-13,15H2/t18-/m1/s1. The number of hydrogen-bond acceptors (Lipinski definition) is 4. The molecule has 1 aliphatic heterocycles. The predicted molar refractivity (Wildman–Crippen MR) is 98.7 cm³/mol. The number of benzene rings is 1. The molecule has 1 fully saturated rings. The van der Waals surface area contributed by atoms with E-state index in [9.17, 15) is 18.3 Å². The van der Waals surface area contributed by atoms with E-state index in [0.29, 0.717) is 25.3 Å². The van der Waals surface area contributed by atoms with Crippen LogP contribution in [-0.2, 0) is 12.6 Å². The van der Waals surface area contributed by atoms with Crippen LogP contribution in [0.25, 0.3) is 0 Å². The maximum atomic E-state index is 13.0. The maximum Gasteiger partial charge on any atom is 0.416 e. The second kappa shape index (κ2) is 8.71. The molecular formula is C20H24F3N3O. The third-order valence-corrected chi connectivity index (χ3v) is 4.99. The number of piperazine rings is 1. The second-order valence-electron chi connectivity index (χ2n) is 6.78. The number of hydrogen-bond donors (Lipinski definition) is 1. The van der Waals surface area contributed by atoms with Crippen LogP contribution < -0.4 is 4.90 Å². The summed E-state index contributed by atoms with van der Waals surface area (Å²) < 4.78 is 38.9. The molecule has 1 aliphatic rings. The molecule has 0 bridgehead atoms. The van der Waals surface area contributed by atoms with Gasteiger partial charge in [0.25, 0.3) is 0 Å². The van der Waals surface area contributed by atoms with Crippen molar-refractivity contribution < 1.29 is 18.3 Å². The van der Waals surface area contributed by atoms with Gasteiger partial charge in [0.05, 0.1) is 5.56 Å². The second-order valence-corrected chi connectivity index (χ2v) is 6.78. The Morgan fingerprint density at radius 3 is 2.59 bits per heavy atom. The van der Waals surface area contributed by atoms with Crippen molar-refractivity contribution in [3.05, 3.63) is 59.8 Å². The van der Waals surface area contributed by atoms with Gasteiger partial charge in [-0.25, -0.2) is 4.98 Å². The van der Waals surface area contributed by atoms with Crippen LogP contribution >= 0.6 is 0 Å². The van der Waals surface area contributed by atoms with Crippen molar-refractivity contribution in [3.63, 3.8) is 0 Å². The van der Waals surface area contributed by atoms with Crippen molar-refractivity contribution in [3.8, 4) is 0 Å². The SMILES string of the molecule is OCC[C@@H]1CN(c2cc(C(F)(F)F)ccn2)CCN1CCc1ccccc1. The highest BCUT2D eigenvalue weighted by atomic mass is 19.4. The minimum Gasteiger partial charge on any atom is -0.396 e. The fourth-order valence-corrected chi connectivity index (χ4v) is 3.50. The number of aromatic nitrogens is 1. The molecule has 0 aliphatic carbocycles. The Labute approximate surface area is 157 Å². The minimum atomic E-state index is -4.38. The summed E-state index contributed by atoms with van der Waals surface area (Å²) in [6, 6.07) is 12.4. The van der Waals surface area contributed by atoms with Gasteiger partial charge in [0.15, 0.2) is 0 Å². The van der Waals surface area contributed by atoms with E-state index in [0.717, 1.165) is 31.6 Å². The van der Waals surface area contributed by atoms with Crippen LogP contribution in [0.1, 0.15) is 17.5 Å². The zero-order valence-electron chi connectivity index (χ0n) is 15.1. The van der Waals surface area contributed by atoms with Gasteiger partial charge in [-0.15, -0.1) is 0 Å². The third kappa shape index (κ3) is 5.20. The Morgan fingerprint density at radius 1 is 1.11 bits per heavy atom. The summed E-state index contributed by atoms with van der Waals surface area (Å²) in [6.45, 7) is 2.82. The van der Waals surface area contributed by atoms with Gasteiger partial charge in [-0.2, -0.15) is 13.2 Å². The van der Waals surface area contributed by atoms with E-state index < -0.39 is 11.7 Å². The van der Waals surface area contributed by atoms with Crippen LogP contribution in [-0.4, -0.2) is 53.8 Å². The molecule has 1 aromatic heterocycles. The molecule has 7 heteroatoms. The highest BCUT2D eigenvalue weighted by Crippen LogP contribution is 2.31. The van der Waals surface area contributed by atoms with Crippen LogP contribution in [0.5, 0.6) is 0 Å². The number of alkyl halides is 3. The van der Waals surface area contributed by atoms with Crippen LogP contribution in [0.3, 0.4) is 0 Å². The summed E-state index contributed by atoms with van der Waals surface area (Å²) in [6.07, 6.45) is -1.67. The highest BCUT2D eigenvalue weighted by Gasteiger charge is 2.32. The molecular weight excluding hydrogens is 355 g/mol. The summed E-state index contributed by atoms with van der Waals surface area (Å²) in [4.78, 5) is 8.33. The van der Waals surface area contributed by atoms with E-state index in [4.69, 9.17) is 0 Å². The Hall–Kier alpha value is -2.12. The lowest BCUT2D eigenvalue weighted by atomic mass is 10.1. The predicted octanol–water partition coefficient (Wildman–Crippen LogP) is 3.22. The van der Waals surface area contributed by atoms with Crippen molar-refractivity contribution in [2.24, 2.45) is 0 Å². The number of nitrogens with zero attached hydrogens (tertiary/aromatic N) is 3. The van der Waals surface area contributed by atoms with Crippen molar-refractivity contribution >= 4 is 5.82 Å². The molecule has 4 nitrogen and oxygen atoms in total. The Bertz CT molecular complexity index is 724. The van der Waals surface area contributed by atoms with Crippen molar-refractivity contribution in [1.82, 2.24) is 9.88 Å². The Kier molecular flexibility index (Phi) is 6.34. The smallest absolute Gasteiger partial charge is 0.396 e.